The molecule has 0 N–H and O–H groups in total. The van der Waals surface area contributed by atoms with Gasteiger partial charge in [0.15, 0.2) is 14.2 Å². The van der Waals surface area contributed by atoms with Crippen LogP contribution < -0.4 is 20.7 Å². The standard InChI is InChI=1S/C47H32FN3SSi/c48-47(33-15-13-14-32(28-33)39-20-9-11-26-49-39)34-24-25-37-38-30-45-43(31-41(38)51(40(37)29-34)46-23-10-12-27-50-46)52-42-21-7-8-22-44(42)53(45,35-16-3-1-4-17-35)36-18-5-2-6-19-36/h1-31,47H. The van der Waals surface area contributed by atoms with Gasteiger partial charge in [0.2, 0.25) is 0 Å². The van der Waals surface area contributed by atoms with E-state index in [1.165, 1.54) is 30.5 Å². The van der Waals surface area contributed by atoms with Crippen LogP contribution in [0, 0.1) is 0 Å². The summed E-state index contributed by atoms with van der Waals surface area (Å²) in [6.07, 6.45) is 2.26. The molecule has 1 unspecified atom stereocenters. The van der Waals surface area contributed by atoms with Crippen molar-refractivity contribution < 1.29 is 4.39 Å². The van der Waals surface area contributed by atoms with Gasteiger partial charge in [0, 0.05) is 38.5 Å². The van der Waals surface area contributed by atoms with Gasteiger partial charge in [0.25, 0.3) is 0 Å². The van der Waals surface area contributed by atoms with E-state index in [2.05, 4.69) is 113 Å². The van der Waals surface area contributed by atoms with Crippen LogP contribution in [0.2, 0.25) is 0 Å². The first-order valence-electron chi connectivity index (χ1n) is 17.8. The average Bonchev–Trinajstić information content (AvgIpc) is 3.55. The molecule has 0 saturated carbocycles. The molecule has 10 rings (SSSR count). The molecule has 0 radical (unpaired) electrons. The third-order valence-corrected chi connectivity index (χ3v) is 16.9. The molecule has 0 saturated heterocycles. The topological polar surface area (TPSA) is 30.7 Å². The highest BCUT2D eigenvalue weighted by molar-refractivity contribution is 8.00. The third-order valence-electron chi connectivity index (χ3n) is 10.5. The van der Waals surface area contributed by atoms with Gasteiger partial charge in [-0.1, -0.05) is 139 Å². The Hall–Kier alpha value is -6.08. The number of nitrogens with zero attached hydrogens (tertiary/aromatic N) is 3. The zero-order valence-electron chi connectivity index (χ0n) is 28.6. The first-order chi connectivity index (χ1) is 26.2. The van der Waals surface area contributed by atoms with E-state index >= 15 is 4.39 Å². The number of benzene rings is 6. The van der Waals surface area contributed by atoms with Crippen LogP contribution in [-0.2, 0) is 0 Å². The first-order valence-corrected chi connectivity index (χ1v) is 20.6. The highest BCUT2D eigenvalue weighted by atomic mass is 32.2. The molecule has 1 aliphatic rings. The molecule has 4 heterocycles. The summed E-state index contributed by atoms with van der Waals surface area (Å²) >= 11 is 1.84. The Morgan fingerprint density at radius 2 is 1.19 bits per heavy atom. The number of aromatic nitrogens is 3. The van der Waals surface area contributed by atoms with Gasteiger partial charge < -0.3 is 0 Å². The van der Waals surface area contributed by atoms with E-state index in [1.807, 2.05) is 90.8 Å². The van der Waals surface area contributed by atoms with Gasteiger partial charge in [-0.3, -0.25) is 9.55 Å². The number of pyridine rings is 2. The highest BCUT2D eigenvalue weighted by Gasteiger charge is 2.47. The normalized spacial score (nSPS) is 13.8. The Morgan fingerprint density at radius 3 is 1.92 bits per heavy atom. The van der Waals surface area contributed by atoms with Crippen LogP contribution in [0.25, 0.3) is 38.9 Å². The van der Waals surface area contributed by atoms with Gasteiger partial charge in [-0.05, 0) is 80.4 Å². The number of alkyl halides is 1. The molecular weight excluding hydrogens is 686 g/mol. The minimum Gasteiger partial charge on any atom is -0.294 e. The number of hydrogen-bond acceptors (Lipinski definition) is 3. The molecule has 0 fully saturated rings. The van der Waals surface area contributed by atoms with Crippen LogP contribution >= 0.6 is 11.8 Å². The van der Waals surface area contributed by atoms with Crippen molar-refractivity contribution in [3.8, 4) is 17.1 Å². The summed E-state index contributed by atoms with van der Waals surface area (Å²) in [6, 6.07) is 61.4. The van der Waals surface area contributed by atoms with Crippen LogP contribution in [-0.4, -0.2) is 22.6 Å². The molecule has 252 valence electrons. The van der Waals surface area contributed by atoms with Gasteiger partial charge in [0.1, 0.15) is 5.82 Å². The number of rotatable bonds is 6. The summed E-state index contributed by atoms with van der Waals surface area (Å²) in [6.45, 7) is 0. The van der Waals surface area contributed by atoms with E-state index in [1.54, 1.807) is 6.20 Å². The fraction of sp³-hybridized carbons (Fsp3) is 0.0213. The fourth-order valence-electron chi connectivity index (χ4n) is 8.20. The Bertz CT molecular complexity index is 2730. The van der Waals surface area contributed by atoms with Crippen molar-refractivity contribution in [3.63, 3.8) is 0 Å². The predicted octanol–water partition coefficient (Wildman–Crippen LogP) is 9.14. The van der Waals surface area contributed by atoms with Gasteiger partial charge in [-0.2, -0.15) is 0 Å². The molecule has 0 bridgehead atoms. The van der Waals surface area contributed by atoms with Crippen LogP contribution in [0.3, 0.4) is 0 Å². The predicted molar refractivity (Wildman–Crippen MR) is 219 cm³/mol. The van der Waals surface area contributed by atoms with Crippen LogP contribution in [0.15, 0.2) is 198 Å². The second-order valence-electron chi connectivity index (χ2n) is 13.4. The smallest absolute Gasteiger partial charge is 0.181 e. The molecular formula is C47H32FN3SSi. The van der Waals surface area contributed by atoms with Crippen molar-refractivity contribution in [3.05, 3.63) is 199 Å². The van der Waals surface area contributed by atoms with E-state index in [0.717, 1.165) is 38.9 Å². The number of fused-ring (bicyclic) bond motifs is 5. The maximum atomic E-state index is 16.7. The van der Waals surface area contributed by atoms with Crippen LogP contribution in [0.1, 0.15) is 17.3 Å². The fourth-order valence-corrected chi connectivity index (χ4v) is 15.2. The van der Waals surface area contributed by atoms with E-state index < -0.39 is 14.2 Å². The summed E-state index contributed by atoms with van der Waals surface area (Å²) in [7, 11) is -2.77. The Morgan fingerprint density at radius 1 is 0.509 bits per heavy atom. The molecule has 0 aliphatic carbocycles. The Labute approximate surface area is 312 Å². The van der Waals surface area contributed by atoms with E-state index in [0.29, 0.717) is 11.1 Å². The molecule has 1 atom stereocenters. The quantitative estimate of drug-likeness (QED) is 0.161. The average molecular weight is 718 g/mol. The minimum atomic E-state index is -2.77. The molecule has 3 nitrogen and oxygen atoms in total. The molecule has 1 aliphatic heterocycles. The number of halogens is 1. The second kappa shape index (κ2) is 12.8. The van der Waals surface area contributed by atoms with Crippen LogP contribution in [0.4, 0.5) is 4.39 Å². The maximum Gasteiger partial charge on any atom is 0.181 e. The minimum absolute atomic E-state index is 0.596. The lowest BCUT2D eigenvalue weighted by Crippen LogP contribution is -2.76. The summed E-state index contributed by atoms with van der Waals surface area (Å²) in [4.78, 5) is 11.9. The van der Waals surface area contributed by atoms with Gasteiger partial charge in [0.05, 0.1) is 16.7 Å². The summed E-state index contributed by atoms with van der Waals surface area (Å²) in [5, 5.41) is 7.67. The maximum absolute atomic E-state index is 16.7. The monoisotopic (exact) mass is 717 g/mol. The zero-order chi connectivity index (χ0) is 35.4. The van der Waals surface area contributed by atoms with Crippen molar-refractivity contribution in [1.82, 2.24) is 14.5 Å². The first kappa shape index (κ1) is 31.6. The Balaban J connectivity index is 1.23. The molecule has 6 heteroatoms. The summed E-state index contributed by atoms with van der Waals surface area (Å²) < 4.78 is 18.9. The molecule has 3 aromatic heterocycles. The number of hydrogen-bond donors (Lipinski definition) is 0. The molecule has 9 aromatic rings. The zero-order valence-corrected chi connectivity index (χ0v) is 30.4. The lowest BCUT2D eigenvalue weighted by molar-refractivity contribution is 0.402. The summed E-state index contributed by atoms with van der Waals surface area (Å²) in [5.41, 5.74) is 4.89. The van der Waals surface area contributed by atoms with Crippen molar-refractivity contribution in [2.75, 3.05) is 0 Å². The van der Waals surface area contributed by atoms with Crippen molar-refractivity contribution in [2.24, 2.45) is 0 Å². The van der Waals surface area contributed by atoms with Crippen LogP contribution in [0.5, 0.6) is 0 Å². The van der Waals surface area contributed by atoms with Crippen molar-refractivity contribution in [1.29, 1.82) is 0 Å². The van der Waals surface area contributed by atoms with Gasteiger partial charge in [-0.25, -0.2) is 9.37 Å². The third kappa shape index (κ3) is 5.09. The molecule has 53 heavy (non-hydrogen) atoms. The highest BCUT2D eigenvalue weighted by Crippen LogP contribution is 2.40. The van der Waals surface area contributed by atoms with Crippen molar-refractivity contribution >= 4 is 62.4 Å². The van der Waals surface area contributed by atoms with Crippen molar-refractivity contribution in [2.45, 2.75) is 16.0 Å². The lowest BCUT2D eigenvalue weighted by Gasteiger charge is -2.40. The molecule has 0 spiro atoms. The second-order valence-corrected chi connectivity index (χ2v) is 18.3. The summed E-state index contributed by atoms with van der Waals surface area (Å²) in [5.74, 6) is 0.799. The van der Waals surface area contributed by atoms with E-state index in [9.17, 15) is 0 Å². The Kier molecular flexibility index (Phi) is 7.67. The largest absolute Gasteiger partial charge is 0.294 e. The van der Waals surface area contributed by atoms with E-state index in [4.69, 9.17) is 4.98 Å². The lowest BCUT2D eigenvalue weighted by atomic mass is 9.98. The van der Waals surface area contributed by atoms with Gasteiger partial charge in [-0.15, -0.1) is 0 Å². The molecule has 6 aromatic carbocycles. The van der Waals surface area contributed by atoms with Gasteiger partial charge >= 0.3 is 0 Å². The molecule has 0 amide bonds. The SMILES string of the molecule is FC(c1cccc(-c2ccccn2)c1)c1ccc2c3cc4c(cc3n(-c3ccccn3)c2c1)Sc1ccccc1[Si]4(c1ccccc1)c1ccccc1. The van der Waals surface area contributed by atoms with E-state index in [-0.39, 0.29) is 0 Å².